The number of piperazine rings is 1. The van der Waals surface area contributed by atoms with E-state index in [4.69, 9.17) is 9.47 Å². The van der Waals surface area contributed by atoms with Gasteiger partial charge in [0.25, 0.3) is 5.91 Å². The van der Waals surface area contributed by atoms with Gasteiger partial charge in [0, 0.05) is 62.8 Å². The molecule has 0 spiro atoms. The molecule has 0 radical (unpaired) electrons. The molecule has 2 aromatic carbocycles. The van der Waals surface area contributed by atoms with Crippen LogP contribution in [0.1, 0.15) is 46.9 Å². The van der Waals surface area contributed by atoms with Gasteiger partial charge in [-0.25, -0.2) is 4.79 Å². The number of nitrogens with one attached hydrogen (secondary N) is 1. The van der Waals surface area contributed by atoms with Crippen LogP contribution in [-0.2, 0) is 11.3 Å². The lowest BCUT2D eigenvalue weighted by Gasteiger charge is -2.34. The first-order chi connectivity index (χ1) is 18.9. The van der Waals surface area contributed by atoms with Gasteiger partial charge in [0.05, 0.1) is 24.3 Å². The lowest BCUT2D eigenvalue weighted by atomic mass is 9.97. The van der Waals surface area contributed by atoms with Crippen LogP contribution in [0.4, 0.5) is 4.79 Å². The van der Waals surface area contributed by atoms with Crippen molar-refractivity contribution < 1.29 is 19.1 Å². The molecule has 2 fully saturated rings. The maximum absolute atomic E-state index is 13.5. The Kier molecular flexibility index (Phi) is 8.41. The number of hydrogen-bond acceptors (Lipinski definition) is 5. The van der Waals surface area contributed by atoms with E-state index in [-0.39, 0.29) is 12.0 Å². The maximum Gasteiger partial charge on any atom is 0.409 e. The van der Waals surface area contributed by atoms with Gasteiger partial charge in [0.15, 0.2) is 0 Å². The fraction of sp³-hybridized carbons (Fsp3) is 0.484. The van der Waals surface area contributed by atoms with Crippen molar-refractivity contribution in [2.45, 2.75) is 40.2 Å². The SMILES string of the molecule is CCOC(=O)N1CCN(Cc2ccc(OCC3CCCN(C(=O)c4cccc5c(C)c(C)[nH]c45)C3)cc2)CC1. The summed E-state index contributed by atoms with van der Waals surface area (Å²) in [6.45, 7) is 12.4. The first-order valence-corrected chi connectivity index (χ1v) is 14.2. The van der Waals surface area contributed by atoms with Crippen molar-refractivity contribution in [2.75, 3.05) is 52.5 Å². The number of H-pyrrole nitrogens is 1. The first-order valence-electron chi connectivity index (χ1n) is 14.2. The van der Waals surface area contributed by atoms with Gasteiger partial charge in [-0.2, -0.15) is 0 Å². The van der Waals surface area contributed by atoms with Crippen LogP contribution >= 0.6 is 0 Å². The molecular weight excluding hydrogens is 492 g/mol. The van der Waals surface area contributed by atoms with Crippen molar-refractivity contribution >= 4 is 22.9 Å². The molecule has 2 saturated heterocycles. The topological polar surface area (TPSA) is 78.1 Å². The van der Waals surface area contributed by atoms with Gasteiger partial charge >= 0.3 is 6.09 Å². The van der Waals surface area contributed by atoms with Gasteiger partial charge in [-0.1, -0.05) is 24.3 Å². The van der Waals surface area contributed by atoms with E-state index in [1.54, 1.807) is 4.90 Å². The van der Waals surface area contributed by atoms with Crippen LogP contribution in [0.2, 0.25) is 0 Å². The highest BCUT2D eigenvalue weighted by Gasteiger charge is 2.27. The van der Waals surface area contributed by atoms with Gasteiger partial charge < -0.3 is 24.3 Å². The Bertz CT molecular complexity index is 1290. The van der Waals surface area contributed by atoms with E-state index in [2.05, 4.69) is 41.9 Å². The number of benzene rings is 2. The number of ether oxygens (including phenoxy) is 2. The van der Waals surface area contributed by atoms with Gasteiger partial charge in [-0.15, -0.1) is 0 Å². The second-order valence-corrected chi connectivity index (χ2v) is 10.8. The van der Waals surface area contributed by atoms with Crippen molar-refractivity contribution in [3.8, 4) is 5.75 Å². The number of para-hydroxylation sites is 1. The molecule has 1 atom stereocenters. The summed E-state index contributed by atoms with van der Waals surface area (Å²) in [6.07, 6.45) is 1.83. The summed E-state index contributed by atoms with van der Waals surface area (Å²) in [7, 11) is 0. The predicted octanol–water partition coefficient (Wildman–Crippen LogP) is 4.99. The van der Waals surface area contributed by atoms with Crippen molar-refractivity contribution in [3.05, 3.63) is 64.8 Å². The van der Waals surface area contributed by atoms with Crippen LogP contribution < -0.4 is 4.74 Å². The number of hydrogen-bond donors (Lipinski definition) is 1. The van der Waals surface area contributed by atoms with Crippen molar-refractivity contribution in [1.82, 2.24) is 19.7 Å². The Hall–Kier alpha value is -3.52. The molecule has 2 aliphatic rings. The number of nitrogens with zero attached hydrogens (tertiary/aromatic N) is 3. The Morgan fingerprint density at radius 2 is 1.74 bits per heavy atom. The number of carbonyl (C=O) groups excluding carboxylic acids is 2. The molecule has 1 N–H and O–H groups in total. The molecule has 3 heterocycles. The highest BCUT2D eigenvalue weighted by Crippen LogP contribution is 2.27. The van der Waals surface area contributed by atoms with Gasteiger partial charge in [0.1, 0.15) is 5.75 Å². The maximum atomic E-state index is 13.5. The number of carbonyl (C=O) groups is 2. The summed E-state index contributed by atoms with van der Waals surface area (Å²) < 4.78 is 11.3. The molecular formula is C31H40N4O4. The average Bonchev–Trinajstić information content (AvgIpc) is 3.26. The van der Waals surface area contributed by atoms with Crippen LogP contribution in [0, 0.1) is 19.8 Å². The highest BCUT2D eigenvalue weighted by molar-refractivity contribution is 6.06. The first kappa shape index (κ1) is 27.1. The fourth-order valence-electron chi connectivity index (χ4n) is 5.68. The summed E-state index contributed by atoms with van der Waals surface area (Å²) in [6, 6.07) is 14.3. The van der Waals surface area contributed by atoms with Gasteiger partial charge in [-0.05, 0) is 62.9 Å². The third kappa shape index (κ3) is 6.22. The predicted molar refractivity (Wildman–Crippen MR) is 152 cm³/mol. The molecule has 1 aromatic heterocycles. The van der Waals surface area contributed by atoms with E-state index in [0.29, 0.717) is 38.8 Å². The molecule has 2 amide bonds. The fourth-order valence-corrected chi connectivity index (χ4v) is 5.68. The summed E-state index contributed by atoms with van der Waals surface area (Å²) in [5.41, 5.74) is 5.23. The highest BCUT2D eigenvalue weighted by atomic mass is 16.6. The number of aromatic nitrogens is 1. The zero-order valence-corrected chi connectivity index (χ0v) is 23.4. The second kappa shape index (κ2) is 12.1. The molecule has 0 aliphatic carbocycles. The standard InChI is InChI=1S/C31H40N4O4/c1-4-38-31(37)34-17-15-33(16-18-34)19-24-10-12-26(13-11-24)39-21-25-7-6-14-35(20-25)30(36)28-9-5-8-27-22(2)23(3)32-29(27)28/h5,8-13,25,32H,4,6-7,14-21H2,1-3H3. The number of piperidine rings is 1. The minimum Gasteiger partial charge on any atom is -0.493 e. The average molecular weight is 533 g/mol. The number of likely N-dealkylation sites (tertiary alicyclic amines) is 1. The van der Waals surface area contributed by atoms with Gasteiger partial charge in [0.2, 0.25) is 0 Å². The summed E-state index contributed by atoms with van der Waals surface area (Å²) in [5, 5.41) is 1.12. The lowest BCUT2D eigenvalue weighted by molar-refractivity contribution is 0.0634. The van der Waals surface area contributed by atoms with Crippen LogP contribution in [-0.4, -0.2) is 84.2 Å². The van der Waals surface area contributed by atoms with Crippen molar-refractivity contribution in [1.29, 1.82) is 0 Å². The molecule has 0 saturated carbocycles. The molecule has 208 valence electrons. The zero-order chi connectivity index (χ0) is 27.4. The molecule has 3 aromatic rings. The van der Waals surface area contributed by atoms with E-state index in [1.165, 1.54) is 11.1 Å². The molecule has 0 bridgehead atoms. The minimum absolute atomic E-state index is 0.0963. The Labute approximate surface area is 230 Å². The lowest BCUT2D eigenvalue weighted by Crippen LogP contribution is -2.48. The number of rotatable bonds is 7. The Balaban J connectivity index is 1.11. The minimum atomic E-state index is -0.216. The van der Waals surface area contributed by atoms with Crippen molar-refractivity contribution in [2.24, 2.45) is 5.92 Å². The van der Waals surface area contributed by atoms with E-state index < -0.39 is 0 Å². The monoisotopic (exact) mass is 532 g/mol. The third-order valence-corrected chi connectivity index (χ3v) is 8.09. The number of aromatic amines is 1. The molecule has 39 heavy (non-hydrogen) atoms. The Morgan fingerprint density at radius 3 is 2.49 bits per heavy atom. The van der Waals surface area contributed by atoms with E-state index >= 15 is 0 Å². The number of aryl methyl sites for hydroxylation is 2. The normalized spacial score (nSPS) is 18.4. The van der Waals surface area contributed by atoms with E-state index in [0.717, 1.165) is 66.9 Å². The van der Waals surface area contributed by atoms with Crippen LogP contribution in [0.15, 0.2) is 42.5 Å². The quantitative estimate of drug-likeness (QED) is 0.464. The summed E-state index contributed by atoms with van der Waals surface area (Å²) in [5.74, 6) is 1.26. The summed E-state index contributed by atoms with van der Waals surface area (Å²) in [4.78, 5) is 34.9. The smallest absolute Gasteiger partial charge is 0.409 e. The third-order valence-electron chi connectivity index (χ3n) is 8.09. The van der Waals surface area contributed by atoms with Crippen LogP contribution in [0.5, 0.6) is 5.75 Å². The van der Waals surface area contributed by atoms with Gasteiger partial charge in [-0.3, -0.25) is 9.69 Å². The van der Waals surface area contributed by atoms with Crippen molar-refractivity contribution in [3.63, 3.8) is 0 Å². The zero-order valence-electron chi connectivity index (χ0n) is 23.4. The van der Waals surface area contributed by atoms with Crippen LogP contribution in [0.25, 0.3) is 10.9 Å². The molecule has 8 nitrogen and oxygen atoms in total. The molecule has 2 aliphatic heterocycles. The molecule has 8 heteroatoms. The molecule has 1 unspecified atom stereocenters. The molecule has 5 rings (SSSR count). The largest absolute Gasteiger partial charge is 0.493 e. The number of fused-ring (bicyclic) bond motifs is 1. The van der Waals surface area contributed by atoms with Crippen LogP contribution in [0.3, 0.4) is 0 Å². The number of amides is 2. The second-order valence-electron chi connectivity index (χ2n) is 10.8. The summed E-state index contributed by atoms with van der Waals surface area (Å²) >= 11 is 0. The van der Waals surface area contributed by atoms with E-state index in [1.807, 2.05) is 36.1 Å². The Morgan fingerprint density at radius 1 is 0.974 bits per heavy atom. The van der Waals surface area contributed by atoms with E-state index in [9.17, 15) is 9.59 Å².